The van der Waals surface area contributed by atoms with Gasteiger partial charge in [-0.1, -0.05) is 41.9 Å². The first-order valence-electron chi connectivity index (χ1n) is 7.43. The molecule has 6 heteroatoms. The third kappa shape index (κ3) is 5.59. The van der Waals surface area contributed by atoms with Crippen molar-refractivity contribution in [2.45, 2.75) is 0 Å². The van der Waals surface area contributed by atoms with E-state index in [4.69, 9.17) is 11.6 Å². The van der Waals surface area contributed by atoms with Gasteiger partial charge in [-0.05, 0) is 51.8 Å². The summed E-state index contributed by atoms with van der Waals surface area (Å²) in [4.78, 5) is 24.8. The molecule has 0 heterocycles. The number of hydrogen-bond donors (Lipinski definition) is 2. The van der Waals surface area contributed by atoms with Gasteiger partial charge >= 0.3 is 0 Å². The second kappa shape index (κ2) is 9.20. The number of amides is 2. The molecule has 25 heavy (non-hydrogen) atoms. The maximum absolute atomic E-state index is 12.5. The maximum atomic E-state index is 12.5. The predicted octanol–water partition coefficient (Wildman–Crippen LogP) is 4.18. The number of carbonyl (C=O) groups is 2. The first-order valence-corrected chi connectivity index (χ1v) is 8.60. The van der Waals surface area contributed by atoms with Crippen LogP contribution in [0.15, 0.2) is 71.4 Å². The molecule has 0 aliphatic heterocycles. The summed E-state index contributed by atoms with van der Waals surface area (Å²) in [6.45, 7) is 3.86. The fourth-order valence-electron chi connectivity index (χ4n) is 1.98. The lowest BCUT2D eigenvalue weighted by atomic mass is 10.1. The van der Waals surface area contributed by atoms with Gasteiger partial charge in [-0.15, -0.1) is 6.58 Å². The topological polar surface area (TPSA) is 58.2 Å². The van der Waals surface area contributed by atoms with Crippen LogP contribution in [-0.4, -0.2) is 18.4 Å². The van der Waals surface area contributed by atoms with Gasteiger partial charge in [-0.25, -0.2) is 0 Å². The molecule has 2 aromatic rings. The van der Waals surface area contributed by atoms with Gasteiger partial charge in [0, 0.05) is 16.0 Å². The van der Waals surface area contributed by atoms with E-state index in [0.29, 0.717) is 21.6 Å². The molecule has 0 unspecified atom stereocenters. The summed E-state index contributed by atoms with van der Waals surface area (Å²) in [5, 5.41) is 5.91. The van der Waals surface area contributed by atoms with Crippen molar-refractivity contribution in [2.75, 3.05) is 6.54 Å². The Morgan fingerprint density at radius 1 is 1.12 bits per heavy atom. The highest BCUT2D eigenvalue weighted by Crippen LogP contribution is 2.17. The molecule has 0 saturated heterocycles. The van der Waals surface area contributed by atoms with E-state index in [0.717, 1.165) is 5.56 Å². The quantitative estimate of drug-likeness (QED) is 0.545. The summed E-state index contributed by atoms with van der Waals surface area (Å²) in [6, 6.07) is 13.9. The minimum Gasteiger partial charge on any atom is -0.347 e. The fraction of sp³-hybridized carbons (Fsp3) is 0.0526. The summed E-state index contributed by atoms with van der Waals surface area (Å²) in [5.41, 5.74) is 1.30. The molecule has 0 saturated carbocycles. The molecule has 128 valence electrons. The highest BCUT2D eigenvalue weighted by Gasteiger charge is 2.15. The minimum atomic E-state index is -0.407. The molecule has 2 rings (SSSR count). The summed E-state index contributed by atoms with van der Waals surface area (Å²) in [7, 11) is 0. The van der Waals surface area contributed by atoms with E-state index in [1.54, 1.807) is 54.6 Å². The van der Waals surface area contributed by atoms with Crippen LogP contribution in [-0.2, 0) is 4.79 Å². The lowest BCUT2D eigenvalue weighted by molar-refractivity contribution is -0.117. The number of rotatable bonds is 6. The van der Waals surface area contributed by atoms with Crippen LogP contribution >= 0.6 is 27.5 Å². The van der Waals surface area contributed by atoms with Gasteiger partial charge < -0.3 is 10.6 Å². The molecule has 0 aromatic heterocycles. The lowest BCUT2D eigenvalue weighted by Gasteiger charge is -2.11. The van der Waals surface area contributed by atoms with Crippen LogP contribution in [0.5, 0.6) is 0 Å². The van der Waals surface area contributed by atoms with E-state index < -0.39 is 5.91 Å². The molecule has 0 aliphatic rings. The summed E-state index contributed by atoms with van der Waals surface area (Å²) in [5.74, 6) is -0.795. The van der Waals surface area contributed by atoms with Crippen LogP contribution in [0.4, 0.5) is 0 Å². The van der Waals surface area contributed by atoms with Gasteiger partial charge in [-0.2, -0.15) is 0 Å². The molecule has 0 bridgehead atoms. The van der Waals surface area contributed by atoms with Gasteiger partial charge in [-0.3, -0.25) is 9.59 Å². The van der Waals surface area contributed by atoms with Crippen molar-refractivity contribution in [1.29, 1.82) is 0 Å². The smallest absolute Gasteiger partial charge is 0.268 e. The number of hydrogen-bond acceptors (Lipinski definition) is 2. The van der Waals surface area contributed by atoms with Gasteiger partial charge in [0.2, 0.25) is 0 Å². The molecule has 0 aliphatic carbocycles. The van der Waals surface area contributed by atoms with Gasteiger partial charge in [0.25, 0.3) is 11.8 Å². The minimum absolute atomic E-state index is 0.130. The summed E-state index contributed by atoms with van der Waals surface area (Å²) < 4.78 is 0.643. The van der Waals surface area contributed by atoms with Crippen LogP contribution in [0.1, 0.15) is 15.9 Å². The first kappa shape index (κ1) is 19.0. The van der Waals surface area contributed by atoms with E-state index in [1.165, 1.54) is 0 Å². The zero-order valence-electron chi connectivity index (χ0n) is 13.3. The van der Waals surface area contributed by atoms with Crippen LogP contribution in [0, 0.1) is 0 Å². The van der Waals surface area contributed by atoms with Crippen molar-refractivity contribution in [3.8, 4) is 0 Å². The SMILES string of the molecule is C=CCNC(=O)/C(=C/c1ccc(Cl)cc1)NC(=O)c1ccccc1Br. The fourth-order valence-corrected chi connectivity index (χ4v) is 2.57. The van der Waals surface area contributed by atoms with Crippen LogP contribution in [0.25, 0.3) is 6.08 Å². The Hall–Kier alpha value is -2.37. The first-order chi connectivity index (χ1) is 12.0. The van der Waals surface area contributed by atoms with E-state index in [-0.39, 0.29) is 11.6 Å². The molecule has 2 amide bonds. The molecule has 0 radical (unpaired) electrons. The van der Waals surface area contributed by atoms with Gasteiger partial charge in [0.05, 0.1) is 5.56 Å². The van der Waals surface area contributed by atoms with Gasteiger partial charge in [0.1, 0.15) is 5.70 Å². The van der Waals surface area contributed by atoms with Crippen LogP contribution in [0.3, 0.4) is 0 Å². The average Bonchev–Trinajstić information content (AvgIpc) is 2.61. The second-order valence-corrected chi connectivity index (χ2v) is 6.33. The zero-order chi connectivity index (χ0) is 18.2. The van der Waals surface area contributed by atoms with Crippen molar-refractivity contribution >= 4 is 45.4 Å². The lowest BCUT2D eigenvalue weighted by Crippen LogP contribution is -2.35. The largest absolute Gasteiger partial charge is 0.347 e. The van der Waals surface area contributed by atoms with Gasteiger partial charge in [0.15, 0.2) is 0 Å². The number of nitrogens with one attached hydrogen (secondary N) is 2. The van der Waals surface area contributed by atoms with E-state index >= 15 is 0 Å². The second-order valence-electron chi connectivity index (χ2n) is 5.04. The maximum Gasteiger partial charge on any atom is 0.268 e. The Balaban J connectivity index is 2.29. The van der Waals surface area contributed by atoms with E-state index in [1.807, 2.05) is 6.07 Å². The normalized spacial score (nSPS) is 10.9. The number of benzene rings is 2. The third-order valence-electron chi connectivity index (χ3n) is 3.20. The Kier molecular flexibility index (Phi) is 6.98. The molecule has 0 spiro atoms. The van der Waals surface area contributed by atoms with Crippen LogP contribution in [0.2, 0.25) is 5.02 Å². The van der Waals surface area contributed by atoms with Crippen LogP contribution < -0.4 is 10.6 Å². The van der Waals surface area contributed by atoms with E-state index in [2.05, 4.69) is 33.1 Å². The standard InChI is InChI=1S/C19H16BrClN2O2/c1-2-11-22-19(25)17(12-13-7-9-14(21)10-8-13)23-18(24)15-5-3-4-6-16(15)20/h2-10,12H,1,11H2,(H,22,25)(H,23,24)/b17-12-. The summed E-state index contributed by atoms with van der Waals surface area (Å²) in [6.07, 6.45) is 3.15. The number of carbonyl (C=O) groups excluding carboxylic acids is 2. The Morgan fingerprint density at radius 3 is 2.44 bits per heavy atom. The molecule has 4 nitrogen and oxygen atoms in total. The molecule has 0 atom stereocenters. The van der Waals surface area contributed by atoms with Crippen molar-refractivity contribution in [1.82, 2.24) is 10.6 Å². The third-order valence-corrected chi connectivity index (χ3v) is 4.14. The van der Waals surface area contributed by atoms with Crippen molar-refractivity contribution in [3.05, 3.63) is 87.5 Å². The Bertz CT molecular complexity index is 816. The van der Waals surface area contributed by atoms with Crippen molar-refractivity contribution in [3.63, 3.8) is 0 Å². The Labute approximate surface area is 159 Å². The Morgan fingerprint density at radius 2 is 1.80 bits per heavy atom. The zero-order valence-corrected chi connectivity index (χ0v) is 15.6. The molecule has 2 aromatic carbocycles. The molecule has 2 N–H and O–H groups in total. The number of halogens is 2. The highest BCUT2D eigenvalue weighted by molar-refractivity contribution is 9.10. The van der Waals surface area contributed by atoms with E-state index in [9.17, 15) is 9.59 Å². The van der Waals surface area contributed by atoms with Crippen molar-refractivity contribution < 1.29 is 9.59 Å². The summed E-state index contributed by atoms with van der Waals surface area (Å²) >= 11 is 9.21. The molecular weight excluding hydrogens is 404 g/mol. The monoisotopic (exact) mass is 418 g/mol. The molecular formula is C19H16BrClN2O2. The molecule has 0 fully saturated rings. The highest BCUT2D eigenvalue weighted by atomic mass is 79.9. The predicted molar refractivity (Wildman–Crippen MR) is 104 cm³/mol. The van der Waals surface area contributed by atoms with Crippen molar-refractivity contribution in [2.24, 2.45) is 0 Å². The average molecular weight is 420 g/mol.